The van der Waals surface area contributed by atoms with Gasteiger partial charge in [-0.3, -0.25) is 0 Å². The lowest BCUT2D eigenvalue weighted by atomic mass is 9.90. The van der Waals surface area contributed by atoms with Gasteiger partial charge >= 0.3 is 0 Å². The van der Waals surface area contributed by atoms with Crippen molar-refractivity contribution >= 4 is 6.29 Å². The summed E-state index contributed by atoms with van der Waals surface area (Å²) in [4.78, 5) is 10.4. The molecule has 0 aliphatic heterocycles. The Morgan fingerprint density at radius 1 is 1.46 bits per heavy atom. The van der Waals surface area contributed by atoms with Crippen molar-refractivity contribution in [1.29, 1.82) is 0 Å². The minimum absolute atomic E-state index is 0.377. The second-order valence-electron chi connectivity index (χ2n) is 3.18. The number of hydrogen-bond acceptors (Lipinski definition) is 5. The number of methoxy groups -OCH3 is 1. The minimum atomic E-state index is -1.76. The lowest BCUT2D eigenvalue weighted by Crippen LogP contribution is -2.54. The van der Waals surface area contributed by atoms with Crippen LogP contribution in [0.5, 0.6) is 0 Å². The Hall–Kier alpha value is -0.490. The molecule has 0 heterocycles. The van der Waals surface area contributed by atoms with Crippen molar-refractivity contribution in [1.82, 2.24) is 0 Å². The highest BCUT2D eigenvalue weighted by Crippen LogP contribution is 2.18. The standard InChI is InChI=1S/C8H16O5/c1-5(10)8(2,12)7(11)6(4-9)13-3/h4-7,10-12H,1-3H3/t5-,6-,7-,8-/m1/s1. The number of rotatable bonds is 5. The molecule has 0 aromatic heterocycles. The van der Waals surface area contributed by atoms with E-state index in [9.17, 15) is 15.0 Å². The number of aliphatic hydroxyl groups excluding tert-OH is 2. The van der Waals surface area contributed by atoms with Gasteiger partial charge in [-0.1, -0.05) is 0 Å². The van der Waals surface area contributed by atoms with Gasteiger partial charge in [0.05, 0.1) is 6.10 Å². The van der Waals surface area contributed by atoms with Crippen molar-refractivity contribution in [3.05, 3.63) is 0 Å². The fourth-order valence-electron chi connectivity index (χ4n) is 0.839. The Balaban J connectivity index is 4.54. The van der Waals surface area contributed by atoms with Gasteiger partial charge in [0.25, 0.3) is 0 Å². The first kappa shape index (κ1) is 12.5. The largest absolute Gasteiger partial charge is 0.390 e. The molecule has 0 aliphatic rings. The van der Waals surface area contributed by atoms with Crippen LogP contribution in [-0.4, -0.2) is 52.6 Å². The summed E-state index contributed by atoms with van der Waals surface area (Å²) in [6.45, 7) is 2.55. The van der Waals surface area contributed by atoms with Crippen LogP contribution in [-0.2, 0) is 9.53 Å². The van der Waals surface area contributed by atoms with E-state index in [2.05, 4.69) is 4.74 Å². The summed E-state index contributed by atoms with van der Waals surface area (Å²) in [7, 11) is 1.24. The third-order valence-corrected chi connectivity index (χ3v) is 2.16. The predicted molar refractivity (Wildman–Crippen MR) is 45.2 cm³/mol. The van der Waals surface area contributed by atoms with E-state index in [0.717, 1.165) is 0 Å². The number of carbonyl (C=O) groups is 1. The topological polar surface area (TPSA) is 87.0 Å². The zero-order valence-electron chi connectivity index (χ0n) is 7.97. The molecule has 5 nitrogen and oxygen atoms in total. The number of ether oxygens (including phenoxy) is 1. The summed E-state index contributed by atoms with van der Waals surface area (Å²) >= 11 is 0. The third-order valence-electron chi connectivity index (χ3n) is 2.16. The minimum Gasteiger partial charge on any atom is -0.390 e. The highest BCUT2D eigenvalue weighted by atomic mass is 16.5. The molecule has 13 heavy (non-hydrogen) atoms. The van der Waals surface area contributed by atoms with Gasteiger partial charge in [-0.25, -0.2) is 0 Å². The Kier molecular flexibility index (Phi) is 4.49. The van der Waals surface area contributed by atoms with Crippen molar-refractivity contribution in [2.75, 3.05) is 7.11 Å². The first-order valence-electron chi connectivity index (χ1n) is 3.94. The maximum absolute atomic E-state index is 10.4. The van der Waals surface area contributed by atoms with Crippen molar-refractivity contribution in [2.24, 2.45) is 0 Å². The molecule has 0 unspecified atom stereocenters. The molecule has 0 aromatic carbocycles. The van der Waals surface area contributed by atoms with E-state index in [1.54, 1.807) is 0 Å². The zero-order chi connectivity index (χ0) is 10.6. The van der Waals surface area contributed by atoms with Gasteiger partial charge < -0.3 is 24.9 Å². The van der Waals surface area contributed by atoms with Gasteiger partial charge in [-0.15, -0.1) is 0 Å². The van der Waals surface area contributed by atoms with Gasteiger partial charge in [-0.05, 0) is 13.8 Å². The van der Waals surface area contributed by atoms with Crippen molar-refractivity contribution in [3.8, 4) is 0 Å². The van der Waals surface area contributed by atoms with Gasteiger partial charge in [0.15, 0.2) is 6.29 Å². The normalized spacial score (nSPS) is 22.9. The molecule has 78 valence electrons. The SMILES string of the molecule is CO[C@H](C=O)[C@@H](O)[C@](C)(O)[C@@H](C)O. The second kappa shape index (κ2) is 4.66. The third kappa shape index (κ3) is 2.73. The van der Waals surface area contributed by atoms with Crippen LogP contribution in [0.2, 0.25) is 0 Å². The molecule has 0 amide bonds. The molecule has 0 spiro atoms. The lowest BCUT2D eigenvalue weighted by molar-refractivity contribution is -0.169. The van der Waals surface area contributed by atoms with Crippen LogP contribution in [0.3, 0.4) is 0 Å². The zero-order valence-corrected chi connectivity index (χ0v) is 7.97. The second-order valence-corrected chi connectivity index (χ2v) is 3.18. The maximum atomic E-state index is 10.4. The smallest absolute Gasteiger partial charge is 0.151 e. The average Bonchev–Trinajstić information content (AvgIpc) is 2.06. The number of hydrogen-bond donors (Lipinski definition) is 3. The van der Waals surface area contributed by atoms with E-state index in [1.807, 2.05) is 0 Å². The summed E-state index contributed by atoms with van der Waals surface area (Å²) in [5.41, 5.74) is -1.76. The molecule has 0 saturated carbocycles. The van der Waals surface area contributed by atoms with Crippen LogP contribution in [0, 0.1) is 0 Å². The molecule has 5 heteroatoms. The predicted octanol–water partition coefficient (Wildman–Crippen LogP) is -1.31. The van der Waals surface area contributed by atoms with Gasteiger partial charge in [0.2, 0.25) is 0 Å². The van der Waals surface area contributed by atoms with Crippen LogP contribution in [0.15, 0.2) is 0 Å². The maximum Gasteiger partial charge on any atom is 0.151 e. The fraction of sp³-hybridized carbons (Fsp3) is 0.875. The van der Waals surface area contributed by atoms with Crippen LogP contribution < -0.4 is 0 Å². The van der Waals surface area contributed by atoms with E-state index in [-0.39, 0.29) is 0 Å². The Labute approximate surface area is 77.0 Å². The number of carbonyl (C=O) groups excluding carboxylic acids is 1. The average molecular weight is 192 g/mol. The molecule has 0 aliphatic carbocycles. The van der Waals surface area contributed by atoms with E-state index < -0.39 is 23.9 Å². The molecule has 0 bridgehead atoms. The van der Waals surface area contributed by atoms with Gasteiger partial charge in [0.1, 0.15) is 17.8 Å². The summed E-state index contributed by atoms with van der Waals surface area (Å²) in [5, 5.41) is 28.1. The highest BCUT2D eigenvalue weighted by molar-refractivity contribution is 5.57. The molecule has 0 fully saturated rings. The number of aliphatic hydroxyl groups is 3. The fourth-order valence-corrected chi connectivity index (χ4v) is 0.839. The van der Waals surface area contributed by atoms with E-state index in [1.165, 1.54) is 21.0 Å². The molecular weight excluding hydrogens is 176 g/mol. The lowest BCUT2D eigenvalue weighted by Gasteiger charge is -2.33. The molecule has 3 N–H and O–H groups in total. The molecule has 0 saturated heterocycles. The van der Waals surface area contributed by atoms with Crippen molar-refractivity contribution in [2.45, 2.75) is 37.8 Å². The Bertz CT molecular complexity index is 166. The van der Waals surface area contributed by atoms with Crippen LogP contribution in [0.25, 0.3) is 0 Å². The van der Waals surface area contributed by atoms with Gasteiger partial charge in [0, 0.05) is 7.11 Å². The molecule has 0 aromatic rings. The first-order chi connectivity index (χ1) is 5.87. The molecule has 0 radical (unpaired) electrons. The van der Waals surface area contributed by atoms with Crippen LogP contribution >= 0.6 is 0 Å². The molecule has 0 rings (SSSR count). The Morgan fingerprint density at radius 2 is 1.92 bits per heavy atom. The van der Waals surface area contributed by atoms with E-state index in [4.69, 9.17) is 5.11 Å². The number of aldehydes is 1. The molecular formula is C8H16O5. The quantitative estimate of drug-likeness (QED) is 0.471. The first-order valence-corrected chi connectivity index (χ1v) is 3.94. The Morgan fingerprint density at radius 3 is 2.15 bits per heavy atom. The summed E-state index contributed by atoms with van der Waals surface area (Å²) in [6, 6.07) is 0. The summed E-state index contributed by atoms with van der Waals surface area (Å²) in [5.74, 6) is 0. The monoisotopic (exact) mass is 192 g/mol. The summed E-state index contributed by atoms with van der Waals surface area (Å²) < 4.78 is 4.61. The van der Waals surface area contributed by atoms with Gasteiger partial charge in [-0.2, -0.15) is 0 Å². The van der Waals surface area contributed by atoms with E-state index in [0.29, 0.717) is 6.29 Å². The van der Waals surface area contributed by atoms with Crippen molar-refractivity contribution < 1.29 is 24.9 Å². The highest BCUT2D eigenvalue weighted by Gasteiger charge is 2.40. The summed E-state index contributed by atoms with van der Waals surface area (Å²) in [6.07, 6.45) is -3.36. The van der Waals surface area contributed by atoms with E-state index >= 15 is 0 Å². The van der Waals surface area contributed by atoms with Crippen LogP contribution in [0.1, 0.15) is 13.8 Å². The molecule has 4 atom stereocenters. The van der Waals surface area contributed by atoms with Crippen LogP contribution in [0.4, 0.5) is 0 Å². The van der Waals surface area contributed by atoms with Crippen molar-refractivity contribution in [3.63, 3.8) is 0 Å².